The van der Waals surface area contributed by atoms with Crippen LogP contribution in [0.5, 0.6) is 5.75 Å². The molecule has 102 valence electrons. The molecular formula is C14H24N2O2. The molecule has 1 atom stereocenters. The monoisotopic (exact) mass is 252 g/mol. The molecular weight excluding hydrogens is 228 g/mol. The number of hydrogen-bond donors (Lipinski definition) is 3. The van der Waals surface area contributed by atoms with Crippen LogP contribution in [0.1, 0.15) is 33.6 Å². The van der Waals surface area contributed by atoms with Gasteiger partial charge in [-0.25, -0.2) is 0 Å². The van der Waals surface area contributed by atoms with E-state index in [4.69, 9.17) is 10.5 Å². The van der Waals surface area contributed by atoms with Crippen LogP contribution in [0.15, 0.2) is 18.2 Å². The van der Waals surface area contributed by atoms with Crippen molar-refractivity contribution in [2.45, 2.75) is 39.2 Å². The summed E-state index contributed by atoms with van der Waals surface area (Å²) in [5, 5.41) is 12.7. The number of rotatable bonds is 7. The first-order valence-corrected chi connectivity index (χ1v) is 6.46. The minimum atomic E-state index is -0.321. The lowest BCUT2D eigenvalue weighted by molar-refractivity contribution is 0.219. The molecule has 18 heavy (non-hydrogen) atoms. The third kappa shape index (κ3) is 3.81. The molecule has 4 N–H and O–H groups in total. The van der Waals surface area contributed by atoms with Gasteiger partial charge in [-0.3, -0.25) is 0 Å². The van der Waals surface area contributed by atoms with E-state index in [1.54, 1.807) is 0 Å². The molecule has 0 aliphatic heterocycles. The third-order valence-corrected chi connectivity index (χ3v) is 3.05. The Kier molecular flexibility index (Phi) is 5.28. The molecule has 0 fully saturated rings. The quantitative estimate of drug-likeness (QED) is 0.653. The summed E-state index contributed by atoms with van der Waals surface area (Å²) in [7, 11) is 0. The lowest BCUT2D eigenvalue weighted by Crippen LogP contribution is -2.37. The molecule has 0 radical (unpaired) electrons. The van der Waals surface area contributed by atoms with Crippen molar-refractivity contribution in [1.29, 1.82) is 0 Å². The number of aliphatic hydroxyl groups is 1. The lowest BCUT2D eigenvalue weighted by atomic mass is 10.00. The lowest BCUT2D eigenvalue weighted by Gasteiger charge is -2.28. The fourth-order valence-electron chi connectivity index (χ4n) is 1.54. The van der Waals surface area contributed by atoms with Gasteiger partial charge in [-0.05, 0) is 31.9 Å². The van der Waals surface area contributed by atoms with Crippen LogP contribution in [0.4, 0.5) is 11.4 Å². The van der Waals surface area contributed by atoms with Crippen molar-refractivity contribution in [2.75, 3.05) is 24.3 Å². The molecule has 0 aliphatic carbocycles. The minimum Gasteiger partial charge on any atom is -0.491 e. The largest absolute Gasteiger partial charge is 0.491 e. The van der Waals surface area contributed by atoms with E-state index in [1.165, 1.54) is 0 Å². The number of anilines is 2. The van der Waals surface area contributed by atoms with Crippen molar-refractivity contribution in [3.8, 4) is 5.75 Å². The van der Waals surface area contributed by atoms with Gasteiger partial charge in [-0.15, -0.1) is 0 Å². The summed E-state index contributed by atoms with van der Waals surface area (Å²) in [6.07, 6.45) is 1.78. The van der Waals surface area contributed by atoms with Crippen molar-refractivity contribution >= 4 is 11.4 Å². The van der Waals surface area contributed by atoms with Crippen LogP contribution >= 0.6 is 0 Å². The first-order valence-electron chi connectivity index (χ1n) is 6.46. The number of nitrogens with two attached hydrogens (primary N) is 1. The summed E-state index contributed by atoms with van der Waals surface area (Å²) in [5.41, 5.74) is 7.08. The number of hydrogen-bond acceptors (Lipinski definition) is 4. The second-order valence-electron chi connectivity index (χ2n) is 4.80. The second kappa shape index (κ2) is 6.50. The van der Waals surface area contributed by atoms with Crippen LogP contribution in [0.3, 0.4) is 0 Å². The van der Waals surface area contributed by atoms with Crippen molar-refractivity contribution in [1.82, 2.24) is 0 Å². The molecule has 0 bridgehead atoms. The van der Waals surface area contributed by atoms with Gasteiger partial charge in [0.1, 0.15) is 5.75 Å². The maximum atomic E-state index is 9.39. The van der Waals surface area contributed by atoms with Crippen LogP contribution < -0.4 is 15.8 Å². The summed E-state index contributed by atoms with van der Waals surface area (Å²) >= 11 is 0. The predicted molar refractivity (Wildman–Crippen MR) is 76.0 cm³/mol. The Bertz CT molecular complexity index is 376. The van der Waals surface area contributed by atoms with Gasteiger partial charge in [-0.1, -0.05) is 13.8 Å². The summed E-state index contributed by atoms with van der Waals surface area (Å²) in [6, 6.07) is 5.60. The van der Waals surface area contributed by atoms with E-state index in [0.717, 1.165) is 18.5 Å². The van der Waals surface area contributed by atoms with Crippen LogP contribution in [-0.4, -0.2) is 23.9 Å². The number of benzene rings is 1. The first-order chi connectivity index (χ1) is 8.54. The third-order valence-electron chi connectivity index (χ3n) is 3.05. The molecule has 0 aromatic heterocycles. The van der Waals surface area contributed by atoms with Crippen LogP contribution in [0.25, 0.3) is 0 Å². The van der Waals surface area contributed by atoms with Crippen LogP contribution in [0, 0.1) is 0 Å². The fourth-order valence-corrected chi connectivity index (χ4v) is 1.54. The number of ether oxygens (including phenoxy) is 1. The number of aliphatic hydroxyl groups excluding tert-OH is 1. The van der Waals surface area contributed by atoms with Gasteiger partial charge in [0.25, 0.3) is 0 Å². The first kappa shape index (κ1) is 14.6. The van der Waals surface area contributed by atoms with E-state index >= 15 is 0 Å². The second-order valence-corrected chi connectivity index (χ2v) is 4.80. The van der Waals surface area contributed by atoms with Gasteiger partial charge in [0.05, 0.1) is 24.4 Å². The molecule has 1 rings (SSSR count). The Morgan fingerprint density at radius 1 is 1.39 bits per heavy atom. The van der Waals surface area contributed by atoms with Crippen molar-refractivity contribution in [3.63, 3.8) is 0 Å². The summed E-state index contributed by atoms with van der Waals surface area (Å²) < 4.78 is 5.58. The molecule has 0 amide bonds. The molecule has 0 saturated carbocycles. The Morgan fingerprint density at radius 2 is 2.11 bits per heavy atom. The van der Waals surface area contributed by atoms with Crippen molar-refractivity contribution < 1.29 is 9.84 Å². The number of nitrogen functional groups attached to an aromatic ring is 1. The normalized spacial score (nSPS) is 14.0. The Balaban J connectivity index is 2.84. The average Bonchev–Trinajstić information content (AvgIpc) is 2.39. The van der Waals surface area contributed by atoms with Crippen LogP contribution in [-0.2, 0) is 0 Å². The highest BCUT2D eigenvalue weighted by atomic mass is 16.5. The van der Waals surface area contributed by atoms with E-state index < -0.39 is 0 Å². The maximum absolute atomic E-state index is 9.39. The summed E-state index contributed by atoms with van der Waals surface area (Å²) in [4.78, 5) is 0. The predicted octanol–water partition coefficient (Wildman–Crippen LogP) is 2.63. The standard InChI is InChI=1S/C14H24N2O2/c1-4-8-18-13-9-11(6-7-12(13)15)16-14(3,5-2)10-17/h6-7,9,16-17H,4-5,8,10,15H2,1-3H3. The Morgan fingerprint density at radius 3 is 2.67 bits per heavy atom. The molecule has 1 aromatic rings. The van der Waals surface area contributed by atoms with Crippen molar-refractivity contribution in [3.05, 3.63) is 18.2 Å². The van der Waals surface area contributed by atoms with E-state index in [-0.39, 0.29) is 12.1 Å². The average molecular weight is 252 g/mol. The molecule has 0 heterocycles. The zero-order valence-electron chi connectivity index (χ0n) is 11.5. The molecule has 0 spiro atoms. The highest BCUT2D eigenvalue weighted by Crippen LogP contribution is 2.28. The molecule has 1 aromatic carbocycles. The SMILES string of the molecule is CCCOc1cc(NC(C)(CC)CO)ccc1N. The highest BCUT2D eigenvalue weighted by molar-refractivity contribution is 5.62. The Labute approximate surface area is 109 Å². The number of nitrogens with one attached hydrogen (secondary N) is 1. The molecule has 0 saturated heterocycles. The van der Waals surface area contributed by atoms with Gasteiger partial charge in [0, 0.05) is 11.8 Å². The highest BCUT2D eigenvalue weighted by Gasteiger charge is 2.20. The van der Waals surface area contributed by atoms with Gasteiger partial charge < -0.3 is 20.9 Å². The van der Waals surface area contributed by atoms with Gasteiger partial charge in [0.15, 0.2) is 0 Å². The molecule has 4 nitrogen and oxygen atoms in total. The Hall–Kier alpha value is -1.42. The maximum Gasteiger partial charge on any atom is 0.144 e. The minimum absolute atomic E-state index is 0.0824. The van der Waals surface area contributed by atoms with Crippen molar-refractivity contribution in [2.24, 2.45) is 0 Å². The summed E-state index contributed by atoms with van der Waals surface area (Å²) in [5.74, 6) is 0.693. The van der Waals surface area contributed by atoms with Crippen LogP contribution in [0.2, 0.25) is 0 Å². The fraction of sp³-hybridized carbons (Fsp3) is 0.571. The smallest absolute Gasteiger partial charge is 0.144 e. The van der Waals surface area contributed by atoms with E-state index in [9.17, 15) is 5.11 Å². The molecule has 4 heteroatoms. The molecule has 1 unspecified atom stereocenters. The van der Waals surface area contributed by atoms with E-state index in [1.807, 2.05) is 32.0 Å². The van der Waals surface area contributed by atoms with E-state index in [0.29, 0.717) is 18.0 Å². The van der Waals surface area contributed by atoms with Gasteiger partial charge >= 0.3 is 0 Å². The zero-order valence-corrected chi connectivity index (χ0v) is 11.5. The topological polar surface area (TPSA) is 67.5 Å². The molecule has 0 aliphatic rings. The summed E-state index contributed by atoms with van der Waals surface area (Å²) in [6.45, 7) is 6.81. The van der Waals surface area contributed by atoms with Gasteiger partial charge in [-0.2, -0.15) is 0 Å². The zero-order chi connectivity index (χ0) is 13.6. The van der Waals surface area contributed by atoms with E-state index in [2.05, 4.69) is 12.2 Å². The van der Waals surface area contributed by atoms with Gasteiger partial charge in [0.2, 0.25) is 0 Å².